The van der Waals surface area contributed by atoms with Crippen molar-refractivity contribution in [3.05, 3.63) is 107 Å². The van der Waals surface area contributed by atoms with Crippen LogP contribution in [-0.4, -0.2) is 175 Å². The van der Waals surface area contributed by atoms with Crippen LogP contribution >= 0.6 is 62.3 Å². The highest BCUT2D eigenvalue weighted by Gasteiger charge is 2.25. The standard InChI is InChI=1S/C25H36N6O2S.C19H23BrN4OS.C16H20N6OS.C7H8O3S.C6H14N2O.ClH/c1-17(32)30(5)13-8-11-26-18-16-22(29-25(2,3)4)28-19-15-21(34-24(18)19)20-10-12-27-31(20)23-9-6-7-14-33-23;1-19(2,3)23-16-10-12(20)18-13(22-16)11-15(26-18)14-7-8-21-24(14)17-6-4-5-9-25-17;1-10(23)22(2)7-3-5-18-12-9-15(17)20-13-8-14(24-16(12)13)11-4-6-19-21-11;1-6-2-4-7(5-3-6)11(8,9)10;1-6(9)8(2)5-3-4-7;/h10,12,15-16,23H,6-9,11,13-14H2,1-5H3,(H2,26,28,29);7-8,10-11,17H,4-6,9H2,1-3H3,(H,22,23);4,6,8-9H,3,5,7H2,1-2H3,(H,19,21)(H3,17,18,20);2-5H,1H3,(H,8,9,10);3-5,7H2,1-2H3;1H. The predicted octanol–water partition coefficient (Wildman–Crippen LogP) is 15.2. The fraction of sp³-hybridized carbons (Fsp3) is 0.466. The van der Waals surface area contributed by atoms with Crippen molar-refractivity contribution in [3.8, 4) is 31.7 Å². The summed E-state index contributed by atoms with van der Waals surface area (Å²) in [4.78, 5) is 55.8. The molecule has 1 aromatic carbocycles. The zero-order valence-electron chi connectivity index (χ0n) is 62.2. The van der Waals surface area contributed by atoms with Gasteiger partial charge in [0.1, 0.15) is 17.5 Å². The minimum atomic E-state index is -4.02. The van der Waals surface area contributed by atoms with Gasteiger partial charge in [-0.15, -0.1) is 46.4 Å². The predicted molar refractivity (Wildman–Crippen MR) is 433 cm³/mol. The van der Waals surface area contributed by atoms with E-state index in [0.29, 0.717) is 12.4 Å². The first kappa shape index (κ1) is 84.4. The van der Waals surface area contributed by atoms with Crippen LogP contribution in [0.15, 0.2) is 107 Å². The number of hydrogen-bond donors (Lipinski definition) is 8. The SMILES string of the molecule is CC(=O)N(C)CCCN.CC(=O)N(C)CCCNc1cc(N)nc2cc(-c3ccn[nH]3)sc12.CC(=O)N(C)CCCNc1cc(NC(C)(C)C)nc2cc(-c3ccnn3C3CCCCO3)sc12.CC(C)(C)Nc1cc(Br)c2sc(-c3ccnn3C3CCCCO3)cc2n1.Cc1ccc(S(=O)(=O)O)cc1.Cl. The molecule has 2 fully saturated rings. The number of amides is 3. The van der Waals surface area contributed by atoms with E-state index in [2.05, 4.69) is 141 Å². The second kappa shape index (κ2) is 39.1. The Morgan fingerprint density at radius 1 is 0.629 bits per heavy atom. The van der Waals surface area contributed by atoms with E-state index in [4.69, 9.17) is 35.5 Å². The van der Waals surface area contributed by atoms with Crippen molar-refractivity contribution in [2.45, 2.75) is 155 Å². The molecule has 12 rings (SSSR count). The molecule has 9 aromatic heterocycles. The van der Waals surface area contributed by atoms with Crippen molar-refractivity contribution in [1.82, 2.24) is 59.4 Å². The maximum absolute atomic E-state index is 11.5. The van der Waals surface area contributed by atoms with E-state index in [1.165, 1.54) is 18.6 Å². The van der Waals surface area contributed by atoms with Crippen molar-refractivity contribution in [2.24, 2.45) is 5.73 Å². The first-order valence-electron chi connectivity index (χ1n) is 34.8. The zero-order valence-corrected chi connectivity index (χ0v) is 67.9. The number of benzene rings is 1. The van der Waals surface area contributed by atoms with E-state index >= 15 is 0 Å². The Bertz CT molecular complexity index is 4540. The number of halogens is 2. The second-order valence-corrected chi connectivity index (χ2v) is 33.0. The number of nitrogens with two attached hydrogens (primary N) is 2. The maximum atomic E-state index is 11.5. The van der Waals surface area contributed by atoms with Gasteiger partial charge < -0.3 is 56.9 Å². The number of carbonyl (C=O) groups excluding carboxylic acids is 3. The molecule has 105 heavy (non-hydrogen) atoms. The normalized spacial score (nSPS) is 14.4. The van der Waals surface area contributed by atoms with E-state index in [-0.39, 0.29) is 58.6 Å². The van der Waals surface area contributed by atoms with Crippen molar-refractivity contribution < 1.29 is 36.8 Å². The number of rotatable bonds is 21. The lowest BCUT2D eigenvalue weighted by Gasteiger charge is -2.24. The summed E-state index contributed by atoms with van der Waals surface area (Å²) in [6.07, 6.45) is 14.7. The average molecular weight is 1600 g/mol. The molecule has 0 bridgehead atoms. The Labute approximate surface area is 642 Å². The molecule has 26 nitrogen and oxygen atoms in total. The first-order chi connectivity index (χ1) is 49.3. The number of carbonyl (C=O) groups is 3. The van der Waals surface area contributed by atoms with E-state index in [1.54, 1.807) is 102 Å². The second-order valence-electron chi connectivity index (χ2n) is 27.6. The smallest absolute Gasteiger partial charge is 0.294 e. The van der Waals surface area contributed by atoms with Gasteiger partial charge in [0, 0.05) is 134 Å². The number of H-pyrrole nitrogens is 1. The molecule has 0 saturated carbocycles. The van der Waals surface area contributed by atoms with E-state index in [1.807, 2.05) is 53.9 Å². The third-order valence-electron chi connectivity index (χ3n) is 16.5. The van der Waals surface area contributed by atoms with Crippen LogP contribution in [0, 0.1) is 6.92 Å². The van der Waals surface area contributed by atoms with Gasteiger partial charge in [-0.05, 0) is 183 Å². The van der Waals surface area contributed by atoms with Crippen LogP contribution in [0.5, 0.6) is 0 Å². The van der Waals surface area contributed by atoms with Crippen molar-refractivity contribution in [1.29, 1.82) is 0 Å². The molecular formula is C73H102BrClN18O8S4. The van der Waals surface area contributed by atoms with Crippen molar-refractivity contribution in [3.63, 3.8) is 0 Å². The maximum Gasteiger partial charge on any atom is 0.294 e. The molecule has 0 radical (unpaired) electrons. The van der Waals surface area contributed by atoms with E-state index < -0.39 is 10.1 Å². The van der Waals surface area contributed by atoms with Gasteiger partial charge in [-0.2, -0.15) is 23.7 Å². The Morgan fingerprint density at radius 3 is 1.52 bits per heavy atom. The number of nitrogen functional groups attached to an aromatic ring is 1. The highest BCUT2D eigenvalue weighted by molar-refractivity contribution is 9.10. The van der Waals surface area contributed by atoms with Crippen molar-refractivity contribution in [2.75, 3.05) is 101 Å². The van der Waals surface area contributed by atoms with Crippen LogP contribution < -0.4 is 32.7 Å². The number of aromatic amines is 1. The van der Waals surface area contributed by atoms with Gasteiger partial charge in [-0.3, -0.25) is 24.0 Å². The molecule has 2 saturated heterocycles. The summed E-state index contributed by atoms with van der Waals surface area (Å²) in [5.74, 6) is 2.47. The number of nitrogens with zero attached hydrogens (tertiary/aromatic N) is 11. The summed E-state index contributed by atoms with van der Waals surface area (Å²) >= 11 is 8.81. The van der Waals surface area contributed by atoms with E-state index in [9.17, 15) is 22.8 Å². The largest absolute Gasteiger partial charge is 0.384 e. The fourth-order valence-corrected chi connectivity index (χ4v) is 15.2. The molecule has 11 heterocycles. The topological polar surface area (TPSA) is 337 Å². The molecule has 0 spiro atoms. The number of thiophene rings is 3. The Kier molecular flexibility index (Phi) is 31.5. The number of nitrogens with one attached hydrogen (secondary N) is 5. The highest BCUT2D eigenvalue weighted by atomic mass is 79.9. The zero-order chi connectivity index (χ0) is 75.5. The minimum absolute atomic E-state index is 0. The number of ether oxygens (including phenoxy) is 2. The molecule has 0 aliphatic carbocycles. The van der Waals surface area contributed by atoms with Gasteiger partial charge in [0.15, 0.2) is 12.5 Å². The number of aromatic nitrogens is 9. The summed E-state index contributed by atoms with van der Waals surface area (Å²) in [6, 6.07) is 24.3. The first-order valence-corrected chi connectivity index (χ1v) is 39.5. The molecule has 2 aliphatic rings. The van der Waals surface area contributed by atoms with Crippen LogP contribution in [0.4, 0.5) is 28.8 Å². The number of hydrogen-bond acceptors (Lipinski definition) is 22. The van der Waals surface area contributed by atoms with Crippen molar-refractivity contribution >= 4 is 150 Å². The molecular weight excluding hydrogens is 1500 g/mol. The summed E-state index contributed by atoms with van der Waals surface area (Å²) in [6.45, 7) is 25.3. The van der Waals surface area contributed by atoms with Crippen LogP contribution in [0.1, 0.15) is 138 Å². The molecule has 2 atom stereocenters. The molecule has 2 aliphatic heterocycles. The number of pyridine rings is 3. The van der Waals surface area contributed by atoms with Crippen LogP contribution in [0.3, 0.4) is 0 Å². The average Bonchev–Trinajstić information content (AvgIpc) is 1.65. The lowest BCUT2D eigenvalue weighted by molar-refractivity contribution is -0.128. The van der Waals surface area contributed by atoms with Crippen LogP contribution in [0.25, 0.3) is 62.4 Å². The lowest BCUT2D eigenvalue weighted by Crippen LogP contribution is -2.27. The van der Waals surface area contributed by atoms with Gasteiger partial charge in [-0.1, -0.05) is 17.7 Å². The molecule has 570 valence electrons. The highest BCUT2D eigenvalue weighted by Crippen LogP contribution is 2.42. The Balaban J connectivity index is 0.000000196. The van der Waals surface area contributed by atoms with Gasteiger partial charge >= 0.3 is 0 Å². The minimum Gasteiger partial charge on any atom is -0.384 e. The third kappa shape index (κ3) is 25.4. The van der Waals surface area contributed by atoms with Gasteiger partial charge in [0.05, 0.1) is 78.6 Å². The molecule has 10 N–H and O–H groups in total. The molecule has 10 aromatic rings. The Hall–Kier alpha value is -7.85. The van der Waals surface area contributed by atoms with Gasteiger partial charge in [0.25, 0.3) is 10.1 Å². The van der Waals surface area contributed by atoms with E-state index in [0.717, 1.165) is 193 Å². The molecule has 32 heteroatoms. The number of aryl methyl sites for hydroxylation is 1. The van der Waals surface area contributed by atoms with Gasteiger partial charge in [-0.25, -0.2) is 24.3 Å². The lowest BCUT2D eigenvalue weighted by atomic mass is 10.1. The monoisotopic (exact) mass is 1600 g/mol. The number of fused-ring (bicyclic) bond motifs is 3. The fourth-order valence-electron chi connectivity index (χ4n) is 10.9. The van der Waals surface area contributed by atoms with Gasteiger partial charge in [0.2, 0.25) is 17.7 Å². The summed E-state index contributed by atoms with van der Waals surface area (Å²) < 4.78 is 49.9. The Morgan fingerprint density at radius 2 is 1.08 bits per heavy atom. The number of anilines is 5. The van der Waals surface area contributed by atoms with Crippen LogP contribution in [0.2, 0.25) is 0 Å². The summed E-state index contributed by atoms with van der Waals surface area (Å²) in [7, 11) is 1.40. The third-order valence-corrected chi connectivity index (χ3v) is 21.8. The summed E-state index contributed by atoms with van der Waals surface area (Å²) in [5, 5.41) is 30.0. The quantitative estimate of drug-likeness (QED) is 0.0245. The summed E-state index contributed by atoms with van der Waals surface area (Å²) in [5.41, 5.74) is 19.9. The van der Waals surface area contributed by atoms with Crippen LogP contribution in [-0.2, 0) is 34.0 Å². The molecule has 2 unspecified atom stereocenters. The molecule has 3 amide bonds.